The molecule has 3 aromatic rings. The largest absolute Gasteiger partial charge is 0.507 e. The van der Waals surface area contributed by atoms with Gasteiger partial charge in [-0.05, 0) is 78.6 Å². The third-order valence-electron chi connectivity index (χ3n) is 5.64. The molecule has 0 bridgehead atoms. The average Bonchev–Trinajstić information content (AvgIpc) is 2.85. The van der Waals surface area contributed by atoms with Gasteiger partial charge in [0.15, 0.2) is 0 Å². The molecule has 0 radical (unpaired) electrons. The first-order valence-electron chi connectivity index (χ1n) is 11.3. The number of aliphatic hydroxyl groups is 2. The Hall–Kier alpha value is -3.50. The molecule has 34 heavy (non-hydrogen) atoms. The van der Waals surface area contributed by atoms with E-state index in [1.807, 2.05) is 68.4 Å². The van der Waals surface area contributed by atoms with Crippen LogP contribution in [-0.4, -0.2) is 29.0 Å². The summed E-state index contributed by atoms with van der Waals surface area (Å²) in [7, 11) is 1.60. The number of hydrogen-bond donors (Lipinski definition) is 3. The molecule has 178 valence electrons. The zero-order chi connectivity index (χ0) is 24.5. The molecule has 0 saturated heterocycles. The number of hydrogen-bond acceptors (Lipinski definition) is 5. The molecule has 5 heteroatoms. The number of aromatic hydroxyl groups is 1. The summed E-state index contributed by atoms with van der Waals surface area (Å²) in [5.41, 5.74) is 6.98. The van der Waals surface area contributed by atoms with Crippen molar-refractivity contribution < 1.29 is 24.8 Å². The maximum Gasteiger partial charge on any atom is 0.121 e. The van der Waals surface area contributed by atoms with E-state index in [2.05, 4.69) is 5.73 Å². The summed E-state index contributed by atoms with van der Waals surface area (Å²) in [6.07, 6.45) is 0.995. The van der Waals surface area contributed by atoms with Crippen LogP contribution in [-0.2, 0) is 0 Å². The fraction of sp³-hybridized carbons (Fsp3) is 0.276. The normalized spacial score (nSPS) is 12.4. The standard InChI is InChI=1S/C29H32O5/c1-20-16-24(17-21(2)29(20)32)27(30)11-7-8-22(19-34-26-9-5-4-6-10-26)18-28(31)23-12-14-25(33-3)15-13-23/h4-7,9-10,12-17,27-28,30-32H,11,18-19H2,1-3H3/t8?,27-,28-/m1/s1. The first-order chi connectivity index (χ1) is 16.4. The Morgan fingerprint density at radius 2 is 1.53 bits per heavy atom. The molecule has 0 aliphatic carbocycles. The molecule has 2 atom stereocenters. The van der Waals surface area contributed by atoms with Gasteiger partial charge >= 0.3 is 0 Å². The van der Waals surface area contributed by atoms with Gasteiger partial charge in [0.1, 0.15) is 23.9 Å². The maximum atomic E-state index is 10.8. The van der Waals surface area contributed by atoms with Gasteiger partial charge < -0.3 is 24.8 Å². The molecule has 0 aromatic heterocycles. The second kappa shape index (κ2) is 12.1. The van der Waals surface area contributed by atoms with Crippen LogP contribution in [0.4, 0.5) is 0 Å². The Morgan fingerprint density at radius 1 is 0.882 bits per heavy atom. The van der Waals surface area contributed by atoms with E-state index in [1.54, 1.807) is 25.3 Å². The molecule has 0 saturated carbocycles. The van der Waals surface area contributed by atoms with Crippen molar-refractivity contribution in [2.75, 3.05) is 13.7 Å². The topological polar surface area (TPSA) is 79.2 Å². The number of para-hydroxylation sites is 1. The summed E-state index contributed by atoms with van der Waals surface area (Å²) in [4.78, 5) is 0. The third kappa shape index (κ3) is 7.00. The minimum atomic E-state index is -0.728. The van der Waals surface area contributed by atoms with Gasteiger partial charge in [0.25, 0.3) is 0 Å². The lowest BCUT2D eigenvalue weighted by Gasteiger charge is -2.14. The van der Waals surface area contributed by atoms with Gasteiger partial charge in [0.2, 0.25) is 0 Å². The molecular weight excluding hydrogens is 428 g/mol. The monoisotopic (exact) mass is 460 g/mol. The Labute approximate surface area is 201 Å². The van der Waals surface area contributed by atoms with Gasteiger partial charge in [0.05, 0.1) is 19.3 Å². The number of ether oxygens (including phenoxy) is 2. The van der Waals surface area contributed by atoms with Crippen LogP contribution in [0.3, 0.4) is 0 Å². The quantitative estimate of drug-likeness (QED) is 0.337. The van der Waals surface area contributed by atoms with Crippen molar-refractivity contribution in [3.63, 3.8) is 0 Å². The van der Waals surface area contributed by atoms with E-state index >= 15 is 0 Å². The highest BCUT2D eigenvalue weighted by molar-refractivity contribution is 5.43. The second-order valence-electron chi connectivity index (χ2n) is 8.30. The fourth-order valence-electron chi connectivity index (χ4n) is 3.66. The molecule has 3 aromatic carbocycles. The van der Waals surface area contributed by atoms with Gasteiger partial charge in [-0.2, -0.15) is 0 Å². The van der Waals surface area contributed by atoms with E-state index in [0.717, 1.165) is 39.3 Å². The van der Waals surface area contributed by atoms with E-state index in [4.69, 9.17) is 9.47 Å². The Bertz CT molecular complexity index is 1110. The molecule has 0 aliphatic rings. The lowest BCUT2D eigenvalue weighted by molar-refractivity contribution is 0.173. The summed E-state index contributed by atoms with van der Waals surface area (Å²) >= 11 is 0. The number of aryl methyl sites for hydroxylation is 2. The van der Waals surface area contributed by atoms with E-state index in [0.29, 0.717) is 12.8 Å². The fourth-order valence-corrected chi connectivity index (χ4v) is 3.66. The molecule has 0 heterocycles. The summed E-state index contributed by atoms with van der Waals surface area (Å²) in [6, 6.07) is 20.4. The predicted octanol–water partition coefficient (Wildman–Crippen LogP) is 5.73. The first kappa shape index (κ1) is 25.1. The average molecular weight is 461 g/mol. The minimum Gasteiger partial charge on any atom is -0.507 e. The molecule has 0 unspecified atom stereocenters. The highest BCUT2D eigenvalue weighted by atomic mass is 16.5. The summed E-state index contributed by atoms with van der Waals surface area (Å²) in [5.74, 6) is 1.71. The van der Waals surface area contributed by atoms with Crippen LogP contribution >= 0.6 is 0 Å². The number of rotatable bonds is 10. The molecule has 0 aliphatic heterocycles. The lowest BCUT2D eigenvalue weighted by atomic mass is 9.99. The highest BCUT2D eigenvalue weighted by Gasteiger charge is 2.13. The molecule has 0 spiro atoms. The lowest BCUT2D eigenvalue weighted by Crippen LogP contribution is -2.06. The summed E-state index contributed by atoms with van der Waals surface area (Å²) < 4.78 is 11.1. The van der Waals surface area contributed by atoms with Gasteiger partial charge in [-0.15, -0.1) is 5.73 Å². The summed E-state index contributed by atoms with van der Waals surface area (Å²) in [5, 5.41) is 31.4. The van der Waals surface area contributed by atoms with Gasteiger partial charge in [0, 0.05) is 18.4 Å². The van der Waals surface area contributed by atoms with Crippen molar-refractivity contribution in [3.8, 4) is 17.2 Å². The second-order valence-corrected chi connectivity index (χ2v) is 8.30. The van der Waals surface area contributed by atoms with Crippen molar-refractivity contribution in [2.24, 2.45) is 0 Å². The molecule has 0 amide bonds. The van der Waals surface area contributed by atoms with Crippen LogP contribution < -0.4 is 9.47 Å². The predicted molar refractivity (Wildman–Crippen MR) is 133 cm³/mol. The van der Waals surface area contributed by atoms with Crippen molar-refractivity contribution in [1.82, 2.24) is 0 Å². The van der Waals surface area contributed by atoms with Crippen molar-refractivity contribution in [1.29, 1.82) is 0 Å². The van der Waals surface area contributed by atoms with Crippen LogP contribution in [0.25, 0.3) is 0 Å². The molecule has 5 nitrogen and oxygen atoms in total. The number of phenols is 1. The highest BCUT2D eigenvalue weighted by Crippen LogP contribution is 2.28. The van der Waals surface area contributed by atoms with Gasteiger partial charge in [-0.3, -0.25) is 0 Å². The van der Waals surface area contributed by atoms with E-state index < -0.39 is 12.2 Å². The van der Waals surface area contributed by atoms with Crippen LogP contribution in [0.5, 0.6) is 17.2 Å². The summed E-state index contributed by atoms with van der Waals surface area (Å²) in [6.45, 7) is 3.89. The Balaban J connectivity index is 1.76. The van der Waals surface area contributed by atoms with E-state index in [9.17, 15) is 15.3 Å². The SMILES string of the molecule is COc1ccc([C@H](O)CC(=C=CC[C@@H](O)c2cc(C)c(O)c(C)c2)COc2ccccc2)cc1. The first-order valence-corrected chi connectivity index (χ1v) is 11.3. The number of methoxy groups -OCH3 is 1. The Kier molecular flexibility index (Phi) is 8.94. The number of benzene rings is 3. The van der Waals surface area contributed by atoms with Crippen LogP contribution in [0.2, 0.25) is 0 Å². The van der Waals surface area contributed by atoms with Gasteiger partial charge in [-0.25, -0.2) is 0 Å². The number of phenolic OH excluding ortho intramolecular Hbond substituents is 1. The molecular formula is C29H32O5. The van der Waals surface area contributed by atoms with E-state index in [1.165, 1.54) is 0 Å². The molecule has 3 rings (SSSR count). The van der Waals surface area contributed by atoms with Crippen LogP contribution in [0, 0.1) is 13.8 Å². The zero-order valence-electron chi connectivity index (χ0n) is 19.9. The van der Waals surface area contributed by atoms with Crippen molar-refractivity contribution in [2.45, 2.75) is 38.9 Å². The third-order valence-corrected chi connectivity index (χ3v) is 5.64. The van der Waals surface area contributed by atoms with Gasteiger partial charge in [-0.1, -0.05) is 30.3 Å². The Morgan fingerprint density at radius 3 is 2.15 bits per heavy atom. The smallest absolute Gasteiger partial charge is 0.121 e. The van der Waals surface area contributed by atoms with Crippen LogP contribution in [0.15, 0.2) is 84.1 Å². The zero-order valence-corrected chi connectivity index (χ0v) is 19.9. The maximum absolute atomic E-state index is 10.8. The van der Waals surface area contributed by atoms with Crippen molar-refractivity contribution >= 4 is 0 Å². The minimum absolute atomic E-state index is 0.249. The molecule has 0 fully saturated rings. The molecule has 3 N–H and O–H groups in total. The van der Waals surface area contributed by atoms with Crippen molar-refractivity contribution in [3.05, 3.63) is 106 Å². The van der Waals surface area contributed by atoms with Crippen LogP contribution in [0.1, 0.15) is 47.3 Å². The number of aliphatic hydroxyl groups excluding tert-OH is 2. The van der Waals surface area contributed by atoms with E-state index in [-0.39, 0.29) is 12.4 Å².